The molecule has 0 aromatic carbocycles. The molecule has 0 saturated carbocycles. The molecular formula is C11H21F3N2O. The van der Waals surface area contributed by atoms with Gasteiger partial charge in [-0.05, 0) is 26.3 Å². The van der Waals surface area contributed by atoms with Crippen LogP contribution in [-0.4, -0.2) is 31.2 Å². The maximum atomic E-state index is 11.8. The van der Waals surface area contributed by atoms with Crippen LogP contribution in [0.2, 0.25) is 0 Å². The van der Waals surface area contributed by atoms with E-state index in [4.69, 9.17) is 0 Å². The van der Waals surface area contributed by atoms with Gasteiger partial charge in [0.25, 0.3) is 0 Å². The first-order chi connectivity index (χ1) is 7.85. The van der Waals surface area contributed by atoms with Gasteiger partial charge in [-0.25, -0.2) is 0 Å². The van der Waals surface area contributed by atoms with E-state index in [1.165, 1.54) is 0 Å². The number of alkyl halides is 3. The number of hydrogen-bond acceptors (Lipinski definition) is 2. The Kier molecular flexibility index (Phi) is 7.95. The van der Waals surface area contributed by atoms with Gasteiger partial charge < -0.3 is 10.6 Å². The van der Waals surface area contributed by atoms with Crippen molar-refractivity contribution in [3.63, 3.8) is 0 Å². The van der Waals surface area contributed by atoms with Crippen molar-refractivity contribution in [1.29, 1.82) is 0 Å². The number of carbonyl (C=O) groups excluding carboxylic acids is 1. The smallest absolute Gasteiger partial charge is 0.354 e. The molecule has 0 aliphatic heterocycles. The van der Waals surface area contributed by atoms with E-state index < -0.39 is 12.6 Å². The van der Waals surface area contributed by atoms with Crippen molar-refractivity contribution in [3.05, 3.63) is 0 Å². The highest BCUT2D eigenvalue weighted by molar-refractivity contribution is 5.76. The van der Waals surface area contributed by atoms with Crippen LogP contribution >= 0.6 is 0 Å². The van der Waals surface area contributed by atoms with Crippen LogP contribution in [0.25, 0.3) is 0 Å². The Hall–Kier alpha value is -0.780. The Labute approximate surface area is 100 Å². The molecule has 0 aromatic rings. The number of carbonyl (C=O) groups is 1. The fraction of sp³-hybridized carbons (Fsp3) is 0.909. The first-order valence-corrected chi connectivity index (χ1v) is 5.92. The molecule has 0 aliphatic rings. The summed E-state index contributed by atoms with van der Waals surface area (Å²) in [6.07, 6.45) is -3.65. The minimum Gasteiger partial charge on any atom is -0.354 e. The second kappa shape index (κ2) is 8.33. The van der Waals surface area contributed by atoms with Gasteiger partial charge in [-0.2, -0.15) is 13.2 Å². The predicted octanol–water partition coefficient (Wildman–Crippen LogP) is 2.22. The van der Waals surface area contributed by atoms with Crippen molar-refractivity contribution >= 4 is 5.91 Å². The summed E-state index contributed by atoms with van der Waals surface area (Å²) in [6.45, 7) is 4.59. The van der Waals surface area contributed by atoms with Crippen LogP contribution in [0, 0.1) is 0 Å². The number of rotatable bonds is 8. The lowest BCUT2D eigenvalue weighted by Gasteiger charge is -2.11. The van der Waals surface area contributed by atoms with Crippen molar-refractivity contribution in [1.82, 2.24) is 10.6 Å². The molecule has 6 heteroatoms. The number of halogens is 3. The Balaban J connectivity index is 3.37. The maximum Gasteiger partial charge on any atom is 0.389 e. The summed E-state index contributed by atoms with van der Waals surface area (Å²) >= 11 is 0. The third kappa shape index (κ3) is 11.5. The molecule has 0 heterocycles. The fourth-order valence-corrected chi connectivity index (χ4v) is 1.19. The minimum absolute atomic E-state index is 0.0521. The highest BCUT2D eigenvalue weighted by Gasteiger charge is 2.25. The van der Waals surface area contributed by atoms with Gasteiger partial charge in [0, 0.05) is 25.4 Å². The van der Waals surface area contributed by atoms with E-state index in [0.717, 1.165) is 6.42 Å². The largest absolute Gasteiger partial charge is 0.389 e. The lowest BCUT2D eigenvalue weighted by Crippen LogP contribution is -2.34. The van der Waals surface area contributed by atoms with Crippen molar-refractivity contribution in [2.75, 3.05) is 13.1 Å². The Morgan fingerprint density at radius 1 is 1.29 bits per heavy atom. The number of hydrogen-bond donors (Lipinski definition) is 2. The quantitative estimate of drug-likeness (QED) is 0.652. The van der Waals surface area contributed by atoms with Crippen molar-refractivity contribution in [2.24, 2.45) is 0 Å². The molecule has 102 valence electrons. The third-order valence-electron chi connectivity index (χ3n) is 2.36. The SMILES string of the molecule is CCC(C)NC(=O)CCNCCCC(F)(F)F. The van der Waals surface area contributed by atoms with Crippen LogP contribution in [0.5, 0.6) is 0 Å². The van der Waals surface area contributed by atoms with Gasteiger partial charge in [0.15, 0.2) is 0 Å². The van der Waals surface area contributed by atoms with Gasteiger partial charge in [-0.15, -0.1) is 0 Å². The van der Waals surface area contributed by atoms with Crippen LogP contribution in [-0.2, 0) is 4.79 Å². The summed E-state index contributed by atoms with van der Waals surface area (Å²) in [5.41, 5.74) is 0. The molecule has 0 aromatic heterocycles. The Morgan fingerprint density at radius 2 is 1.94 bits per heavy atom. The second-order valence-electron chi connectivity index (χ2n) is 4.10. The second-order valence-corrected chi connectivity index (χ2v) is 4.10. The van der Waals surface area contributed by atoms with Gasteiger partial charge in [0.1, 0.15) is 0 Å². The van der Waals surface area contributed by atoms with Crippen LogP contribution in [0.4, 0.5) is 13.2 Å². The molecule has 0 saturated heterocycles. The molecule has 3 nitrogen and oxygen atoms in total. The highest BCUT2D eigenvalue weighted by atomic mass is 19.4. The van der Waals surface area contributed by atoms with Gasteiger partial charge in [0.2, 0.25) is 5.91 Å². The highest BCUT2D eigenvalue weighted by Crippen LogP contribution is 2.20. The molecule has 0 spiro atoms. The molecule has 1 unspecified atom stereocenters. The zero-order valence-corrected chi connectivity index (χ0v) is 10.4. The van der Waals surface area contributed by atoms with Crippen LogP contribution in [0.15, 0.2) is 0 Å². The first-order valence-electron chi connectivity index (χ1n) is 5.92. The molecule has 0 aliphatic carbocycles. The summed E-state index contributed by atoms with van der Waals surface area (Å²) in [5.74, 6) is -0.0670. The zero-order chi connectivity index (χ0) is 13.3. The predicted molar refractivity (Wildman–Crippen MR) is 60.7 cm³/mol. The van der Waals surface area contributed by atoms with Crippen LogP contribution in [0.3, 0.4) is 0 Å². The lowest BCUT2D eigenvalue weighted by atomic mass is 10.2. The van der Waals surface area contributed by atoms with Gasteiger partial charge in [-0.1, -0.05) is 6.92 Å². The minimum atomic E-state index is -4.09. The molecule has 0 rings (SSSR count). The van der Waals surface area contributed by atoms with Gasteiger partial charge in [-0.3, -0.25) is 4.79 Å². The summed E-state index contributed by atoms with van der Waals surface area (Å²) in [5, 5.41) is 5.61. The van der Waals surface area contributed by atoms with E-state index in [9.17, 15) is 18.0 Å². The van der Waals surface area contributed by atoms with E-state index in [1.807, 2.05) is 13.8 Å². The molecular weight excluding hydrogens is 233 g/mol. The summed E-state index contributed by atoms with van der Waals surface area (Å²) in [4.78, 5) is 11.3. The molecule has 2 N–H and O–H groups in total. The summed E-state index contributed by atoms with van der Waals surface area (Å²) < 4.78 is 35.4. The van der Waals surface area contributed by atoms with E-state index in [2.05, 4.69) is 10.6 Å². The lowest BCUT2D eigenvalue weighted by molar-refractivity contribution is -0.135. The van der Waals surface area contributed by atoms with Gasteiger partial charge in [0.05, 0.1) is 0 Å². The monoisotopic (exact) mass is 254 g/mol. The molecule has 1 atom stereocenters. The average Bonchev–Trinajstić information content (AvgIpc) is 2.21. The van der Waals surface area contributed by atoms with E-state index in [-0.39, 0.29) is 24.9 Å². The first kappa shape index (κ1) is 16.2. The van der Waals surface area contributed by atoms with Crippen molar-refractivity contribution in [2.45, 2.75) is 51.7 Å². The number of amides is 1. The van der Waals surface area contributed by atoms with Gasteiger partial charge >= 0.3 is 6.18 Å². The van der Waals surface area contributed by atoms with E-state index in [0.29, 0.717) is 13.0 Å². The third-order valence-corrected chi connectivity index (χ3v) is 2.36. The molecule has 0 fully saturated rings. The molecule has 17 heavy (non-hydrogen) atoms. The van der Waals surface area contributed by atoms with Crippen molar-refractivity contribution in [3.8, 4) is 0 Å². The molecule has 1 amide bonds. The van der Waals surface area contributed by atoms with Crippen molar-refractivity contribution < 1.29 is 18.0 Å². The fourth-order valence-electron chi connectivity index (χ4n) is 1.19. The van der Waals surface area contributed by atoms with Crippen LogP contribution < -0.4 is 10.6 Å². The summed E-state index contributed by atoms with van der Waals surface area (Å²) in [7, 11) is 0. The maximum absolute atomic E-state index is 11.8. The molecule has 0 radical (unpaired) electrons. The molecule has 0 bridgehead atoms. The topological polar surface area (TPSA) is 41.1 Å². The zero-order valence-electron chi connectivity index (χ0n) is 10.4. The Bertz CT molecular complexity index is 219. The normalized spacial score (nSPS) is 13.5. The van der Waals surface area contributed by atoms with E-state index in [1.54, 1.807) is 0 Å². The Morgan fingerprint density at radius 3 is 2.47 bits per heavy atom. The average molecular weight is 254 g/mol. The standard InChI is InChI=1S/C11H21F3N2O/c1-3-9(2)16-10(17)5-8-15-7-4-6-11(12,13)14/h9,15H,3-8H2,1-2H3,(H,16,17). The number of nitrogens with one attached hydrogen (secondary N) is 2. The van der Waals surface area contributed by atoms with E-state index >= 15 is 0 Å². The summed E-state index contributed by atoms with van der Waals surface area (Å²) in [6, 6.07) is 0.146. The van der Waals surface area contributed by atoms with Crippen LogP contribution in [0.1, 0.15) is 39.5 Å².